The van der Waals surface area contributed by atoms with Gasteiger partial charge in [0.15, 0.2) is 0 Å². The van der Waals surface area contributed by atoms with Crippen molar-refractivity contribution < 1.29 is 22.4 Å². The SMILES string of the molecule is O=C(Nc1cccc(C(F)(F)F)c1)Nc1ccccc1-c1nc2ccccc2c(=O)o1. The fraction of sp³-hybridized carbons (Fsp3) is 0.0455. The molecule has 2 amide bonds. The van der Waals surface area contributed by atoms with Crippen molar-refractivity contribution in [2.45, 2.75) is 6.18 Å². The Hall–Kier alpha value is -4.14. The molecule has 0 bridgehead atoms. The van der Waals surface area contributed by atoms with Crippen molar-refractivity contribution in [2.75, 3.05) is 10.6 Å². The summed E-state index contributed by atoms with van der Waals surface area (Å²) in [6.07, 6.45) is -4.53. The highest BCUT2D eigenvalue weighted by Crippen LogP contribution is 2.31. The Balaban J connectivity index is 1.61. The van der Waals surface area contributed by atoms with Crippen LogP contribution < -0.4 is 16.3 Å². The molecule has 156 valence electrons. The monoisotopic (exact) mass is 425 g/mol. The Bertz CT molecular complexity index is 1330. The summed E-state index contributed by atoms with van der Waals surface area (Å²) in [5.41, 5.74) is -0.462. The van der Waals surface area contributed by atoms with Crippen molar-refractivity contribution in [1.82, 2.24) is 4.98 Å². The number of nitrogens with zero attached hydrogens (tertiary/aromatic N) is 1. The van der Waals surface area contributed by atoms with Crippen LogP contribution in [-0.2, 0) is 6.18 Å². The van der Waals surface area contributed by atoms with Crippen LogP contribution >= 0.6 is 0 Å². The first-order valence-corrected chi connectivity index (χ1v) is 9.06. The van der Waals surface area contributed by atoms with Crippen LogP contribution in [0.1, 0.15) is 5.56 Å². The number of alkyl halides is 3. The van der Waals surface area contributed by atoms with E-state index in [-0.39, 0.29) is 17.3 Å². The minimum absolute atomic E-state index is 0.00123. The number of para-hydroxylation sites is 2. The van der Waals surface area contributed by atoms with E-state index < -0.39 is 23.4 Å². The van der Waals surface area contributed by atoms with Gasteiger partial charge in [-0.15, -0.1) is 0 Å². The van der Waals surface area contributed by atoms with Crippen molar-refractivity contribution in [3.05, 3.63) is 88.8 Å². The molecule has 0 saturated heterocycles. The molecule has 9 heteroatoms. The van der Waals surface area contributed by atoms with Crippen molar-refractivity contribution in [2.24, 2.45) is 0 Å². The molecule has 0 radical (unpaired) electrons. The van der Waals surface area contributed by atoms with Gasteiger partial charge < -0.3 is 15.1 Å². The lowest BCUT2D eigenvalue weighted by Gasteiger charge is -2.12. The number of fused-ring (bicyclic) bond motifs is 1. The van der Waals surface area contributed by atoms with E-state index in [1.807, 2.05) is 0 Å². The number of urea groups is 1. The lowest BCUT2D eigenvalue weighted by Crippen LogP contribution is -2.20. The van der Waals surface area contributed by atoms with E-state index in [4.69, 9.17) is 4.42 Å². The predicted molar refractivity (Wildman–Crippen MR) is 110 cm³/mol. The summed E-state index contributed by atoms with van der Waals surface area (Å²) in [7, 11) is 0. The number of carbonyl (C=O) groups excluding carboxylic acids is 1. The average Bonchev–Trinajstić information content (AvgIpc) is 2.73. The molecule has 2 N–H and O–H groups in total. The molecule has 0 aliphatic carbocycles. The smallest absolute Gasteiger partial charge is 0.403 e. The number of carbonyl (C=O) groups is 1. The van der Waals surface area contributed by atoms with Gasteiger partial charge in [-0.05, 0) is 42.5 Å². The molecule has 4 rings (SSSR count). The molecule has 31 heavy (non-hydrogen) atoms. The summed E-state index contributed by atoms with van der Waals surface area (Å²) in [5.74, 6) is -0.00123. The Kier molecular flexibility index (Phi) is 5.16. The van der Waals surface area contributed by atoms with Crippen LogP contribution in [-0.4, -0.2) is 11.0 Å². The molecular weight excluding hydrogens is 411 g/mol. The fourth-order valence-electron chi connectivity index (χ4n) is 2.97. The fourth-order valence-corrected chi connectivity index (χ4v) is 2.97. The molecule has 0 saturated carbocycles. The molecule has 0 spiro atoms. The normalized spacial score (nSPS) is 11.3. The lowest BCUT2D eigenvalue weighted by molar-refractivity contribution is -0.137. The lowest BCUT2D eigenvalue weighted by atomic mass is 10.1. The Morgan fingerprint density at radius 3 is 2.45 bits per heavy atom. The highest BCUT2D eigenvalue weighted by Gasteiger charge is 2.30. The molecule has 3 aromatic carbocycles. The third-order valence-electron chi connectivity index (χ3n) is 4.39. The largest absolute Gasteiger partial charge is 0.416 e. The number of anilines is 2. The van der Waals surface area contributed by atoms with E-state index in [1.54, 1.807) is 48.5 Å². The first-order chi connectivity index (χ1) is 14.8. The Labute approximate surface area is 173 Å². The second kappa shape index (κ2) is 7.94. The number of aromatic nitrogens is 1. The third-order valence-corrected chi connectivity index (χ3v) is 4.39. The predicted octanol–water partition coefficient (Wildman–Crippen LogP) is 5.52. The Morgan fingerprint density at radius 1 is 0.903 bits per heavy atom. The van der Waals surface area contributed by atoms with Gasteiger partial charge in [-0.1, -0.05) is 30.3 Å². The number of rotatable bonds is 3. The minimum Gasteiger partial charge on any atom is -0.403 e. The van der Waals surface area contributed by atoms with E-state index in [0.29, 0.717) is 16.5 Å². The summed E-state index contributed by atoms with van der Waals surface area (Å²) in [5, 5.41) is 5.23. The van der Waals surface area contributed by atoms with E-state index in [2.05, 4.69) is 15.6 Å². The second-order valence-electron chi connectivity index (χ2n) is 6.53. The first kappa shape index (κ1) is 20.1. The van der Waals surface area contributed by atoms with E-state index in [1.165, 1.54) is 12.1 Å². The number of hydrogen-bond donors (Lipinski definition) is 2. The van der Waals surface area contributed by atoms with Crippen LogP contribution in [0.2, 0.25) is 0 Å². The van der Waals surface area contributed by atoms with Crippen LogP contribution in [0.15, 0.2) is 82.0 Å². The molecule has 6 nitrogen and oxygen atoms in total. The van der Waals surface area contributed by atoms with Crippen LogP contribution in [0.4, 0.5) is 29.3 Å². The average molecular weight is 425 g/mol. The zero-order valence-corrected chi connectivity index (χ0v) is 15.7. The highest BCUT2D eigenvalue weighted by molar-refractivity contribution is 6.02. The summed E-state index contributed by atoms with van der Waals surface area (Å²) >= 11 is 0. The molecule has 4 aromatic rings. The van der Waals surface area contributed by atoms with Gasteiger partial charge in [0.2, 0.25) is 5.89 Å². The maximum absolute atomic E-state index is 12.9. The maximum Gasteiger partial charge on any atom is 0.416 e. The molecule has 0 fully saturated rings. The minimum atomic E-state index is -4.53. The van der Waals surface area contributed by atoms with Crippen molar-refractivity contribution in [3.63, 3.8) is 0 Å². The van der Waals surface area contributed by atoms with Crippen LogP contribution in [0, 0.1) is 0 Å². The number of amides is 2. The topological polar surface area (TPSA) is 84.2 Å². The van der Waals surface area contributed by atoms with Gasteiger partial charge in [0.05, 0.1) is 27.7 Å². The van der Waals surface area contributed by atoms with Gasteiger partial charge in [0, 0.05) is 5.69 Å². The van der Waals surface area contributed by atoms with Gasteiger partial charge in [-0.2, -0.15) is 13.2 Å². The van der Waals surface area contributed by atoms with Gasteiger partial charge in [-0.25, -0.2) is 14.6 Å². The molecule has 0 aliphatic rings. The van der Waals surface area contributed by atoms with Crippen molar-refractivity contribution >= 4 is 28.3 Å². The Morgan fingerprint density at radius 2 is 1.65 bits per heavy atom. The first-order valence-electron chi connectivity index (χ1n) is 9.06. The van der Waals surface area contributed by atoms with Gasteiger partial charge >= 0.3 is 17.8 Å². The zero-order chi connectivity index (χ0) is 22.0. The molecule has 0 aliphatic heterocycles. The second-order valence-corrected chi connectivity index (χ2v) is 6.53. The summed E-state index contributed by atoms with van der Waals surface area (Å²) < 4.78 is 43.9. The van der Waals surface area contributed by atoms with E-state index in [0.717, 1.165) is 12.1 Å². The standard InChI is InChI=1S/C22H14F3N3O3/c23-22(24,25)13-6-5-7-14(12-13)26-21(30)28-17-10-3-1-8-15(17)19-27-18-11-4-2-9-16(18)20(29)31-19/h1-12H,(H2,26,28,30). The van der Waals surface area contributed by atoms with Crippen LogP contribution in [0.5, 0.6) is 0 Å². The van der Waals surface area contributed by atoms with Gasteiger partial charge in [0.1, 0.15) is 0 Å². The van der Waals surface area contributed by atoms with Crippen LogP contribution in [0.25, 0.3) is 22.4 Å². The molecular formula is C22H14F3N3O3. The summed E-state index contributed by atoms with van der Waals surface area (Å²) in [6, 6.07) is 16.6. The highest BCUT2D eigenvalue weighted by atomic mass is 19.4. The van der Waals surface area contributed by atoms with E-state index in [9.17, 15) is 22.8 Å². The van der Waals surface area contributed by atoms with Gasteiger partial charge in [0.25, 0.3) is 0 Å². The number of benzene rings is 3. The summed E-state index contributed by atoms with van der Waals surface area (Å²) in [6.45, 7) is 0. The van der Waals surface area contributed by atoms with Crippen molar-refractivity contribution in [1.29, 1.82) is 0 Å². The number of halogens is 3. The third kappa shape index (κ3) is 4.40. The van der Waals surface area contributed by atoms with E-state index >= 15 is 0 Å². The zero-order valence-electron chi connectivity index (χ0n) is 15.7. The molecule has 1 heterocycles. The van der Waals surface area contributed by atoms with Crippen LogP contribution in [0.3, 0.4) is 0 Å². The van der Waals surface area contributed by atoms with Gasteiger partial charge in [-0.3, -0.25) is 0 Å². The molecule has 1 aromatic heterocycles. The summed E-state index contributed by atoms with van der Waals surface area (Å²) in [4.78, 5) is 29.0. The number of nitrogens with one attached hydrogen (secondary N) is 2. The number of hydrogen-bond acceptors (Lipinski definition) is 4. The van der Waals surface area contributed by atoms with Crippen molar-refractivity contribution in [3.8, 4) is 11.5 Å². The molecule has 0 atom stereocenters. The molecule has 0 unspecified atom stereocenters. The quantitative estimate of drug-likeness (QED) is 0.453. The maximum atomic E-state index is 12.9.